The maximum atomic E-state index is 11.9. The molecular weight excluding hydrogens is 162 g/mol. The predicted octanol–water partition coefficient (Wildman–Crippen LogP) is 1.75. The fourth-order valence-electron chi connectivity index (χ4n) is 2.10. The van der Waals surface area contributed by atoms with Crippen molar-refractivity contribution in [1.82, 2.24) is 5.32 Å². The molecule has 0 bridgehead atoms. The van der Waals surface area contributed by atoms with Crippen LogP contribution in [0.2, 0.25) is 0 Å². The van der Waals surface area contributed by atoms with Crippen molar-refractivity contribution in [3.8, 4) is 0 Å². The first-order chi connectivity index (χ1) is 6.21. The van der Waals surface area contributed by atoms with Crippen LogP contribution >= 0.6 is 0 Å². The molecule has 1 saturated heterocycles. The second-order valence-corrected chi connectivity index (χ2v) is 4.89. The van der Waals surface area contributed by atoms with Gasteiger partial charge in [0.15, 0.2) is 0 Å². The van der Waals surface area contributed by atoms with Crippen molar-refractivity contribution < 1.29 is 4.79 Å². The molecule has 2 nitrogen and oxygen atoms in total. The van der Waals surface area contributed by atoms with Crippen molar-refractivity contribution >= 4 is 5.78 Å². The van der Waals surface area contributed by atoms with Crippen LogP contribution in [0.15, 0.2) is 0 Å². The fourth-order valence-corrected chi connectivity index (χ4v) is 2.10. The molecule has 0 aromatic carbocycles. The summed E-state index contributed by atoms with van der Waals surface area (Å²) in [6.07, 6.45) is 5.73. The Morgan fingerprint density at radius 2 is 2.31 bits per heavy atom. The Balaban J connectivity index is 1.80. The van der Waals surface area contributed by atoms with E-state index in [1.165, 1.54) is 12.8 Å². The van der Waals surface area contributed by atoms with Gasteiger partial charge in [-0.25, -0.2) is 0 Å². The molecule has 1 N–H and O–H groups in total. The summed E-state index contributed by atoms with van der Waals surface area (Å²) >= 11 is 0. The molecule has 0 amide bonds. The van der Waals surface area contributed by atoms with Gasteiger partial charge >= 0.3 is 0 Å². The largest absolute Gasteiger partial charge is 0.316 e. The Hall–Kier alpha value is -0.370. The van der Waals surface area contributed by atoms with Crippen LogP contribution in [0.1, 0.15) is 39.0 Å². The first-order valence-corrected chi connectivity index (χ1v) is 5.45. The second kappa shape index (κ2) is 3.41. The molecule has 1 atom stereocenters. The quantitative estimate of drug-likeness (QED) is 0.716. The number of rotatable bonds is 4. The Bertz CT molecular complexity index is 202. The van der Waals surface area contributed by atoms with E-state index in [0.717, 1.165) is 38.3 Å². The van der Waals surface area contributed by atoms with Gasteiger partial charge in [0.25, 0.3) is 0 Å². The number of Topliss-reactive ketones (excluding diaryl/α,β-unsaturated/α-hetero) is 1. The van der Waals surface area contributed by atoms with Crippen LogP contribution in [0.5, 0.6) is 0 Å². The molecule has 1 saturated carbocycles. The summed E-state index contributed by atoms with van der Waals surface area (Å²) in [5.41, 5.74) is -0.0328. The lowest BCUT2D eigenvalue weighted by Gasteiger charge is -2.20. The van der Waals surface area contributed by atoms with Gasteiger partial charge in [-0.3, -0.25) is 4.79 Å². The second-order valence-electron chi connectivity index (χ2n) is 4.89. The molecule has 1 aliphatic heterocycles. The molecule has 74 valence electrons. The molecule has 2 heteroatoms. The summed E-state index contributed by atoms with van der Waals surface area (Å²) in [5, 5.41) is 3.28. The SMILES string of the molecule is CC1(C(=O)CCC2CC2)CCNC1. The average Bonchev–Trinajstić information content (AvgIpc) is 2.84. The summed E-state index contributed by atoms with van der Waals surface area (Å²) in [7, 11) is 0. The van der Waals surface area contributed by atoms with E-state index >= 15 is 0 Å². The smallest absolute Gasteiger partial charge is 0.140 e. The first-order valence-electron chi connectivity index (χ1n) is 5.45. The molecular formula is C11H19NO. The Kier molecular flexibility index (Phi) is 2.41. The van der Waals surface area contributed by atoms with Crippen LogP contribution in [-0.4, -0.2) is 18.9 Å². The highest BCUT2D eigenvalue weighted by atomic mass is 16.1. The third-order valence-corrected chi connectivity index (χ3v) is 3.52. The van der Waals surface area contributed by atoms with E-state index in [2.05, 4.69) is 12.2 Å². The van der Waals surface area contributed by atoms with Gasteiger partial charge in [0, 0.05) is 18.4 Å². The maximum Gasteiger partial charge on any atom is 0.140 e. The van der Waals surface area contributed by atoms with Crippen molar-refractivity contribution in [1.29, 1.82) is 0 Å². The number of hydrogen-bond acceptors (Lipinski definition) is 2. The first kappa shape index (κ1) is 9.20. The summed E-state index contributed by atoms with van der Waals surface area (Å²) < 4.78 is 0. The minimum Gasteiger partial charge on any atom is -0.316 e. The highest BCUT2D eigenvalue weighted by molar-refractivity contribution is 5.85. The normalized spacial score (nSPS) is 33.6. The molecule has 1 heterocycles. The maximum absolute atomic E-state index is 11.9. The van der Waals surface area contributed by atoms with E-state index < -0.39 is 0 Å². The fraction of sp³-hybridized carbons (Fsp3) is 0.909. The van der Waals surface area contributed by atoms with Gasteiger partial charge in [-0.05, 0) is 25.3 Å². The summed E-state index contributed by atoms with van der Waals surface area (Å²) in [6, 6.07) is 0. The number of carbonyl (C=O) groups excluding carboxylic acids is 1. The average molecular weight is 181 g/mol. The van der Waals surface area contributed by atoms with E-state index in [0.29, 0.717) is 5.78 Å². The molecule has 0 aromatic heterocycles. The topological polar surface area (TPSA) is 29.1 Å². The van der Waals surface area contributed by atoms with Gasteiger partial charge < -0.3 is 5.32 Å². The van der Waals surface area contributed by atoms with Crippen LogP contribution in [-0.2, 0) is 4.79 Å². The zero-order chi connectivity index (χ0) is 9.31. The molecule has 2 fully saturated rings. The molecule has 1 aliphatic carbocycles. The number of nitrogens with one attached hydrogen (secondary N) is 1. The van der Waals surface area contributed by atoms with Gasteiger partial charge in [-0.1, -0.05) is 19.8 Å². The molecule has 2 aliphatic rings. The van der Waals surface area contributed by atoms with Crippen LogP contribution in [0.25, 0.3) is 0 Å². The molecule has 2 rings (SSSR count). The third kappa shape index (κ3) is 2.11. The van der Waals surface area contributed by atoms with Gasteiger partial charge in [0.2, 0.25) is 0 Å². The lowest BCUT2D eigenvalue weighted by Crippen LogP contribution is -2.30. The van der Waals surface area contributed by atoms with E-state index in [-0.39, 0.29) is 5.41 Å². The zero-order valence-corrected chi connectivity index (χ0v) is 8.44. The molecule has 0 aromatic rings. The van der Waals surface area contributed by atoms with Crippen molar-refractivity contribution in [2.24, 2.45) is 11.3 Å². The summed E-state index contributed by atoms with van der Waals surface area (Å²) in [4.78, 5) is 11.9. The minimum atomic E-state index is -0.0328. The van der Waals surface area contributed by atoms with E-state index in [1.807, 2.05) is 0 Å². The molecule has 0 radical (unpaired) electrons. The predicted molar refractivity (Wildman–Crippen MR) is 52.6 cm³/mol. The van der Waals surface area contributed by atoms with E-state index in [4.69, 9.17) is 0 Å². The van der Waals surface area contributed by atoms with E-state index in [9.17, 15) is 4.79 Å². The van der Waals surface area contributed by atoms with Crippen molar-refractivity contribution in [2.45, 2.75) is 39.0 Å². The highest BCUT2D eigenvalue weighted by Gasteiger charge is 2.36. The lowest BCUT2D eigenvalue weighted by molar-refractivity contribution is -0.127. The molecule has 0 spiro atoms. The number of carbonyl (C=O) groups is 1. The molecule has 1 unspecified atom stereocenters. The van der Waals surface area contributed by atoms with Crippen molar-refractivity contribution in [3.63, 3.8) is 0 Å². The summed E-state index contributed by atoms with van der Waals surface area (Å²) in [5.74, 6) is 1.38. The van der Waals surface area contributed by atoms with Crippen LogP contribution in [0.3, 0.4) is 0 Å². The number of hydrogen-bond donors (Lipinski definition) is 1. The lowest BCUT2D eigenvalue weighted by atomic mass is 9.82. The van der Waals surface area contributed by atoms with Gasteiger partial charge in [-0.2, -0.15) is 0 Å². The Morgan fingerprint density at radius 3 is 2.85 bits per heavy atom. The Morgan fingerprint density at radius 1 is 1.54 bits per heavy atom. The third-order valence-electron chi connectivity index (χ3n) is 3.52. The highest BCUT2D eigenvalue weighted by Crippen LogP contribution is 2.36. The minimum absolute atomic E-state index is 0.0328. The van der Waals surface area contributed by atoms with Gasteiger partial charge in [-0.15, -0.1) is 0 Å². The summed E-state index contributed by atoms with van der Waals surface area (Å²) in [6.45, 7) is 4.03. The standard InChI is InChI=1S/C11H19NO/c1-11(6-7-12-8-11)10(13)5-4-9-2-3-9/h9,12H,2-8H2,1H3. The Labute approximate surface area is 80.1 Å². The van der Waals surface area contributed by atoms with Crippen molar-refractivity contribution in [2.75, 3.05) is 13.1 Å². The van der Waals surface area contributed by atoms with Crippen molar-refractivity contribution in [3.05, 3.63) is 0 Å². The monoisotopic (exact) mass is 181 g/mol. The van der Waals surface area contributed by atoms with Crippen LogP contribution < -0.4 is 5.32 Å². The van der Waals surface area contributed by atoms with Crippen LogP contribution in [0.4, 0.5) is 0 Å². The number of ketones is 1. The van der Waals surface area contributed by atoms with Crippen LogP contribution in [0, 0.1) is 11.3 Å². The van der Waals surface area contributed by atoms with Gasteiger partial charge in [0.1, 0.15) is 5.78 Å². The van der Waals surface area contributed by atoms with E-state index in [1.54, 1.807) is 0 Å². The van der Waals surface area contributed by atoms with Gasteiger partial charge in [0.05, 0.1) is 0 Å². The molecule has 13 heavy (non-hydrogen) atoms. The zero-order valence-electron chi connectivity index (χ0n) is 8.44.